The van der Waals surface area contributed by atoms with Crippen LogP contribution >= 0.6 is 0 Å². The summed E-state index contributed by atoms with van der Waals surface area (Å²) in [5.74, 6) is 0.834. The van der Waals surface area contributed by atoms with E-state index in [1.54, 1.807) is 0 Å². The van der Waals surface area contributed by atoms with Crippen LogP contribution in [0.3, 0.4) is 0 Å². The first-order valence-corrected chi connectivity index (χ1v) is 5.29. The Bertz CT molecular complexity index is 164. The molecule has 0 atom stereocenters. The van der Waals surface area contributed by atoms with E-state index in [2.05, 4.69) is 30.7 Å². The Morgan fingerprint density at radius 1 is 1.31 bits per heavy atom. The number of nitrogens with zero attached hydrogens (tertiary/aromatic N) is 1. The van der Waals surface area contributed by atoms with Crippen molar-refractivity contribution in [3.8, 4) is 0 Å². The number of hydrogen-bond donors (Lipinski definition) is 0. The predicted octanol–water partition coefficient (Wildman–Crippen LogP) is 2.85. The van der Waals surface area contributed by atoms with E-state index in [-0.39, 0.29) is 0 Å². The standard InChI is InChI=1S/C12H21N/c1-3-4-5-6-7-12-8-10-13(2)11-9-12/h3,6-7,12H,1,4-5,8-11H2,2H3. The Labute approximate surface area is 82.1 Å². The smallest absolute Gasteiger partial charge is 0.00162 e. The zero-order valence-electron chi connectivity index (χ0n) is 8.71. The van der Waals surface area contributed by atoms with Crippen molar-refractivity contribution >= 4 is 0 Å². The largest absolute Gasteiger partial charge is 0.306 e. The third-order valence-electron chi connectivity index (χ3n) is 2.71. The fourth-order valence-electron chi connectivity index (χ4n) is 1.72. The first kappa shape index (κ1) is 10.5. The first-order valence-electron chi connectivity index (χ1n) is 5.29. The summed E-state index contributed by atoms with van der Waals surface area (Å²) >= 11 is 0. The van der Waals surface area contributed by atoms with Gasteiger partial charge in [-0.15, -0.1) is 6.58 Å². The number of likely N-dealkylation sites (tertiary alicyclic amines) is 1. The van der Waals surface area contributed by atoms with Gasteiger partial charge in [-0.1, -0.05) is 18.2 Å². The maximum Gasteiger partial charge on any atom is -0.00162 e. The number of piperidine rings is 1. The third-order valence-corrected chi connectivity index (χ3v) is 2.71. The summed E-state index contributed by atoms with van der Waals surface area (Å²) in [6.45, 7) is 6.24. The molecule has 1 aliphatic rings. The fourth-order valence-corrected chi connectivity index (χ4v) is 1.72. The van der Waals surface area contributed by atoms with Gasteiger partial charge in [-0.25, -0.2) is 0 Å². The SMILES string of the molecule is C=CCCC=CC1CCN(C)CC1. The summed E-state index contributed by atoms with van der Waals surface area (Å²) in [7, 11) is 2.21. The normalized spacial score (nSPS) is 21.0. The zero-order chi connectivity index (χ0) is 9.52. The minimum Gasteiger partial charge on any atom is -0.306 e. The monoisotopic (exact) mass is 179 g/mol. The lowest BCUT2D eigenvalue weighted by molar-refractivity contribution is 0.244. The summed E-state index contributed by atoms with van der Waals surface area (Å²) in [5.41, 5.74) is 0. The molecular formula is C12H21N. The zero-order valence-corrected chi connectivity index (χ0v) is 8.71. The van der Waals surface area contributed by atoms with Crippen molar-refractivity contribution < 1.29 is 0 Å². The summed E-state index contributed by atoms with van der Waals surface area (Å²) in [6.07, 6.45) is 11.6. The number of hydrogen-bond acceptors (Lipinski definition) is 1. The van der Waals surface area contributed by atoms with Crippen LogP contribution in [-0.4, -0.2) is 25.0 Å². The molecule has 1 nitrogen and oxygen atoms in total. The minimum absolute atomic E-state index is 0.834. The lowest BCUT2D eigenvalue weighted by Crippen LogP contribution is -2.29. The summed E-state index contributed by atoms with van der Waals surface area (Å²) in [5, 5.41) is 0. The molecule has 0 unspecified atom stereocenters. The van der Waals surface area contributed by atoms with Crippen LogP contribution in [0.15, 0.2) is 24.8 Å². The quantitative estimate of drug-likeness (QED) is 0.474. The second kappa shape index (κ2) is 5.98. The molecule has 1 heterocycles. The average molecular weight is 179 g/mol. The van der Waals surface area contributed by atoms with Gasteiger partial charge in [-0.3, -0.25) is 0 Å². The number of rotatable bonds is 4. The van der Waals surface area contributed by atoms with Gasteiger partial charge in [0.05, 0.1) is 0 Å². The second-order valence-electron chi connectivity index (χ2n) is 3.93. The van der Waals surface area contributed by atoms with Crippen molar-refractivity contribution in [2.24, 2.45) is 5.92 Å². The van der Waals surface area contributed by atoms with E-state index in [9.17, 15) is 0 Å². The van der Waals surface area contributed by atoms with E-state index in [1.165, 1.54) is 25.9 Å². The predicted molar refractivity (Wildman–Crippen MR) is 58.8 cm³/mol. The van der Waals surface area contributed by atoms with Crippen molar-refractivity contribution in [2.45, 2.75) is 25.7 Å². The van der Waals surface area contributed by atoms with Gasteiger partial charge in [0.25, 0.3) is 0 Å². The van der Waals surface area contributed by atoms with Crippen molar-refractivity contribution in [3.05, 3.63) is 24.8 Å². The molecule has 0 aromatic carbocycles. The van der Waals surface area contributed by atoms with Crippen LogP contribution in [0, 0.1) is 5.92 Å². The highest BCUT2D eigenvalue weighted by Gasteiger charge is 2.12. The number of unbranched alkanes of at least 4 members (excludes halogenated alkanes) is 1. The summed E-state index contributed by atoms with van der Waals surface area (Å²) in [4.78, 5) is 2.41. The molecule has 0 bridgehead atoms. The molecule has 0 N–H and O–H groups in total. The Balaban J connectivity index is 2.14. The second-order valence-corrected chi connectivity index (χ2v) is 3.93. The molecule has 1 fully saturated rings. The van der Waals surface area contributed by atoms with Crippen LogP contribution in [0.25, 0.3) is 0 Å². The molecule has 1 saturated heterocycles. The Hall–Kier alpha value is -0.560. The lowest BCUT2D eigenvalue weighted by atomic mass is 9.96. The highest BCUT2D eigenvalue weighted by molar-refractivity contribution is 4.91. The fraction of sp³-hybridized carbons (Fsp3) is 0.667. The Kier molecular flexibility index (Phi) is 4.84. The van der Waals surface area contributed by atoms with Gasteiger partial charge in [0.15, 0.2) is 0 Å². The molecule has 0 radical (unpaired) electrons. The van der Waals surface area contributed by atoms with E-state index in [0.29, 0.717) is 0 Å². The van der Waals surface area contributed by atoms with E-state index in [0.717, 1.165) is 18.8 Å². The maximum atomic E-state index is 3.71. The van der Waals surface area contributed by atoms with Gasteiger partial charge >= 0.3 is 0 Å². The highest BCUT2D eigenvalue weighted by atomic mass is 15.1. The molecule has 0 amide bonds. The first-order chi connectivity index (χ1) is 6.33. The van der Waals surface area contributed by atoms with E-state index in [4.69, 9.17) is 0 Å². The van der Waals surface area contributed by atoms with Crippen LogP contribution in [0.4, 0.5) is 0 Å². The van der Waals surface area contributed by atoms with Gasteiger partial charge in [-0.2, -0.15) is 0 Å². The van der Waals surface area contributed by atoms with Crippen LogP contribution in [0.5, 0.6) is 0 Å². The molecule has 0 saturated carbocycles. The molecule has 74 valence electrons. The Morgan fingerprint density at radius 2 is 2.00 bits per heavy atom. The molecule has 0 aliphatic carbocycles. The molecular weight excluding hydrogens is 158 g/mol. The van der Waals surface area contributed by atoms with Gasteiger partial charge in [-0.05, 0) is 51.7 Å². The molecule has 0 spiro atoms. The minimum atomic E-state index is 0.834. The van der Waals surface area contributed by atoms with Crippen molar-refractivity contribution in [1.29, 1.82) is 0 Å². The van der Waals surface area contributed by atoms with E-state index < -0.39 is 0 Å². The van der Waals surface area contributed by atoms with Gasteiger partial charge < -0.3 is 4.90 Å². The van der Waals surface area contributed by atoms with Crippen LogP contribution in [0.2, 0.25) is 0 Å². The average Bonchev–Trinajstić information content (AvgIpc) is 2.15. The topological polar surface area (TPSA) is 3.24 Å². The molecule has 0 aromatic heterocycles. The van der Waals surface area contributed by atoms with Crippen LogP contribution < -0.4 is 0 Å². The van der Waals surface area contributed by atoms with Gasteiger partial charge in [0, 0.05) is 0 Å². The third kappa shape index (κ3) is 4.28. The summed E-state index contributed by atoms with van der Waals surface area (Å²) in [6, 6.07) is 0. The molecule has 1 heteroatoms. The van der Waals surface area contributed by atoms with Crippen molar-refractivity contribution in [2.75, 3.05) is 20.1 Å². The van der Waals surface area contributed by atoms with Gasteiger partial charge in [0.2, 0.25) is 0 Å². The van der Waals surface area contributed by atoms with E-state index in [1.807, 2.05) is 6.08 Å². The summed E-state index contributed by atoms with van der Waals surface area (Å²) < 4.78 is 0. The van der Waals surface area contributed by atoms with Gasteiger partial charge in [0.1, 0.15) is 0 Å². The lowest BCUT2D eigenvalue weighted by Gasteiger charge is -2.26. The molecule has 13 heavy (non-hydrogen) atoms. The molecule has 1 rings (SSSR count). The van der Waals surface area contributed by atoms with E-state index >= 15 is 0 Å². The van der Waals surface area contributed by atoms with Crippen LogP contribution in [0.1, 0.15) is 25.7 Å². The number of allylic oxidation sites excluding steroid dienone is 3. The highest BCUT2D eigenvalue weighted by Crippen LogP contribution is 2.17. The van der Waals surface area contributed by atoms with Crippen molar-refractivity contribution in [1.82, 2.24) is 4.90 Å². The molecule has 1 aliphatic heterocycles. The Morgan fingerprint density at radius 3 is 2.62 bits per heavy atom. The van der Waals surface area contributed by atoms with Crippen LogP contribution in [-0.2, 0) is 0 Å². The maximum absolute atomic E-state index is 3.71. The van der Waals surface area contributed by atoms with Crippen molar-refractivity contribution in [3.63, 3.8) is 0 Å². The molecule has 0 aromatic rings.